The third-order valence-electron chi connectivity index (χ3n) is 4.34. The van der Waals surface area contributed by atoms with Crippen LogP contribution in [0.2, 0.25) is 0 Å². The maximum Gasteiger partial charge on any atom is 0.279 e. The summed E-state index contributed by atoms with van der Waals surface area (Å²) in [5.41, 5.74) is 0. The molecule has 0 aromatic carbocycles. The molecule has 1 saturated heterocycles. The summed E-state index contributed by atoms with van der Waals surface area (Å²) >= 11 is 0. The van der Waals surface area contributed by atoms with Gasteiger partial charge in [-0.15, -0.1) is 0 Å². The average molecular weight is 276 g/mol. The molecule has 0 amide bonds. The van der Waals surface area contributed by atoms with E-state index in [9.17, 15) is 13.5 Å². The van der Waals surface area contributed by atoms with Crippen LogP contribution in [0.15, 0.2) is 0 Å². The summed E-state index contributed by atoms with van der Waals surface area (Å²) in [7, 11) is -1.91. The number of aliphatic hydroxyl groups excluding tert-OH is 1. The number of rotatable bonds is 3. The first kappa shape index (κ1) is 14.2. The SMILES string of the molecule is CNS(=O)(=O)N1CCCCC1C1CCCCC1O. The van der Waals surface area contributed by atoms with Crippen LogP contribution in [0.3, 0.4) is 0 Å². The van der Waals surface area contributed by atoms with Crippen molar-refractivity contribution in [2.24, 2.45) is 5.92 Å². The van der Waals surface area contributed by atoms with E-state index >= 15 is 0 Å². The van der Waals surface area contributed by atoms with Gasteiger partial charge in [0.1, 0.15) is 0 Å². The van der Waals surface area contributed by atoms with Crippen molar-refractivity contribution >= 4 is 10.2 Å². The van der Waals surface area contributed by atoms with Crippen LogP contribution in [0.5, 0.6) is 0 Å². The summed E-state index contributed by atoms with van der Waals surface area (Å²) in [5.74, 6) is 0.113. The average Bonchev–Trinajstić information content (AvgIpc) is 2.39. The van der Waals surface area contributed by atoms with Crippen LogP contribution in [0.4, 0.5) is 0 Å². The molecular weight excluding hydrogens is 252 g/mol. The highest BCUT2D eigenvalue weighted by atomic mass is 32.2. The predicted molar refractivity (Wildman–Crippen MR) is 70.3 cm³/mol. The molecule has 18 heavy (non-hydrogen) atoms. The Labute approximate surface area is 110 Å². The minimum absolute atomic E-state index is 0.0218. The number of aliphatic hydroxyl groups is 1. The maximum absolute atomic E-state index is 12.0. The van der Waals surface area contributed by atoms with Gasteiger partial charge in [0.25, 0.3) is 10.2 Å². The Hall–Kier alpha value is -0.170. The Kier molecular flexibility index (Phi) is 4.64. The molecule has 0 radical (unpaired) electrons. The van der Waals surface area contributed by atoms with E-state index < -0.39 is 10.2 Å². The number of hydrogen-bond donors (Lipinski definition) is 2. The topological polar surface area (TPSA) is 69.6 Å². The van der Waals surface area contributed by atoms with Crippen LogP contribution in [0.25, 0.3) is 0 Å². The molecule has 0 aromatic rings. The number of nitrogens with zero attached hydrogens (tertiary/aromatic N) is 1. The molecule has 1 saturated carbocycles. The second-order valence-corrected chi connectivity index (χ2v) is 7.23. The lowest BCUT2D eigenvalue weighted by atomic mass is 9.79. The van der Waals surface area contributed by atoms with Gasteiger partial charge in [-0.1, -0.05) is 19.3 Å². The van der Waals surface area contributed by atoms with Crippen molar-refractivity contribution in [1.29, 1.82) is 0 Å². The third-order valence-corrected chi connectivity index (χ3v) is 5.93. The predicted octanol–water partition coefficient (Wildman–Crippen LogP) is 0.856. The second-order valence-electron chi connectivity index (χ2n) is 5.40. The van der Waals surface area contributed by atoms with Crippen LogP contribution in [0, 0.1) is 5.92 Å². The molecule has 0 aromatic heterocycles. The fourth-order valence-corrected chi connectivity index (χ4v) is 4.59. The van der Waals surface area contributed by atoms with Gasteiger partial charge in [-0.05, 0) is 25.7 Å². The van der Waals surface area contributed by atoms with Gasteiger partial charge >= 0.3 is 0 Å². The summed E-state index contributed by atoms with van der Waals surface area (Å²) in [6, 6.07) is -0.0218. The molecule has 6 heteroatoms. The summed E-state index contributed by atoms with van der Waals surface area (Å²) in [6.45, 7) is 0.580. The van der Waals surface area contributed by atoms with Crippen molar-refractivity contribution in [3.63, 3.8) is 0 Å². The lowest BCUT2D eigenvalue weighted by Gasteiger charge is -2.42. The van der Waals surface area contributed by atoms with Gasteiger partial charge < -0.3 is 5.11 Å². The van der Waals surface area contributed by atoms with Crippen LogP contribution in [-0.2, 0) is 10.2 Å². The van der Waals surface area contributed by atoms with E-state index in [4.69, 9.17) is 0 Å². The Bertz CT molecular complexity index is 372. The molecule has 2 fully saturated rings. The summed E-state index contributed by atoms with van der Waals surface area (Å²) in [6.07, 6.45) is 6.44. The first-order valence-electron chi connectivity index (χ1n) is 6.94. The van der Waals surface area contributed by atoms with Gasteiger partial charge in [-0.3, -0.25) is 0 Å². The van der Waals surface area contributed by atoms with Crippen molar-refractivity contribution in [2.45, 2.75) is 57.1 Å². The second kappa shape index (κ2) is 5.86. The van der Waals surface area contributed by atoms with Gasteiger partial charge in [-0.25, -0.2) is 4.72 Å². The normalized spacial score (nSPS) is 35.6. The number of hydrogen-bond acceptors (Lipinski definition) is 3. The Morgan fingerprint density at radius 2 is 1.78 bits per heavy atom. The van der Waals surface area contributed by atoms with Crippen LogP contribution in [-0.4, -0.2) is 43.6 Å². The Morgan fingerprint density at radius 3 is 2.44 bits per heavy atom. The van der Waals surface area contributed by atoms with Crippen LogP contribution >= 0.6 is 0 Å². The molecule has 3 atom stereocenters. The highest BCUT2D eigenvalue weighted by molar-refractivity contribution is 7.87. The monoisotopic (exact) mass is 276 g/mol. The molecule has 5 nitrogen and oxygen atoms in total. The summed E-state index contributed by atoms with van der Waals surface area (Å²) in [5, 5.41) is 10.1. The fraction of sp³-hybridized carbons (Fsp3) is 1.00. The molecule has 2 rings (SSSR count). The lowest BCUT2D eigenvalue weighted by molar-refractivity contribution is 0.0201. The fourth-order valence-electron chi connectivity index (χ4n) is 3.36. The molecule has 1 aliphatic carbocycles. The zero-order valence-corrected chi connectivity index (χ0v) is 11.8. The highest BCUT2D eigenvalue weighted by Crippen LogP contribution is 2.34. The van der Waals surface area contributed by atoms with E-state index in [2.05, 4.69) is 4.72 Å². The van der Waals surface area contributed by atoms with Crippen LogP contribution in [0.1, 0.15) is 44.9 Å². The number of nitrogens with one attached hydrogen (secondary N) is 1. The standard InChI is InChI=1S/C12H24N2O3S/c1-13-18(16,17)14-9-5-4-7-11(14)10-6-2-3-8-12(10)15/h10-13,15H,2-9H2,1H3. The van der Waals surface area contributed by atoms with Gasteiger partial charge in [0.05, 0.1) is 6.10 Å². The Morgan fingerprint density at radius 1 is 1.11 bits per heavy atom. The van der Waals surface area contributed by atoms with Crippen LogP contribution < -0.4 is 4.72 Å². The molecule has 1 aliphatic heterocycles. The summed E-state index contributed by atoms with van der Waals surface area (Å²) in [4.78, 5) is 0. The van der Waals surface area contributed by atoms with E-state index in [0.29, 0.717) is 6.54 Å². The van der Waals surface area contributed by atoms with Crippen molar-refractivity contribution in [2.75, 3.05) is 13.6 Å². The van der Waals surface area contributed by atoms with Gasteiger partial charge in [0.2, 0.25) is 0 Å². The minimum Gasteiger partial charge on any atom is -0.393 e. The van der Waals surface area contributed by atoms with Crippen molar-refractivity contribution in [3.8, 4) is 0 Å². The zero-order chi connectivity index (χ0) is 13.2. The maximum atomic E-state index is 12.0. The summed E-state index contributed by atoms with van der Waals surface area (Å²) < 4.78 is 28.1. The van der Waals surface area contributed by atoms with Crippen molar-refractivity contribution in [1.82, 2.24) is 9.03 Å². The van der Waals surface area contributed by atoms with E-state index in [1.54, 1.807) is 4.31 Å². The minimum atomic E-state index is -3.37. The molecule has 106 valence electrons. The third kappa shape index (κ3) is 2.87. The van der Waals surface area contributed by atoms with E-state index in [-0.39, 0.29) is 18.1 Å². The molecule has 0 bridgehead atoms. The van der Waals surface area contributed by atoms with Crippen molar-refractivity contribution in [3.05, 3.63) is 0 Å². The van der Waals surface area contributed by atoms with E-state index in [1.165, 1.54) is 7.05 Å². The molecule has 3 unspecified atom stereocenters. The molecule has 1 heterocycles. The number of piperidine rings is 1. The van der Waals surface area contributed by atoms with Crippen molar-refractivity contribution < 1.29 is 13.5 Å². The lowest BCUT2D eigenvalue weighted by Crippen LogP contribution is -2.53. The highest BCUT2D eigenvalue weighted by Gasteiger charge is 2.39. The zero-order valence-electron chi connectivity index (χ0n) is 11.0. The van der Waals surface area contributed by atoms with Gasteiger partial charge in [-0.2, -0.15) is 12.7 Å². The van der Waals surface area contributed by atoms with E-state index in [1.807, 2.05) is 0 Å². The van der Waals surface area contributed by atoms with Gasteiger partial charge in [0, 0.05) is 25.6 Å². The Balaban J connectivity index is 2.17. The smallest absolute Gasteiger partial charge is 0.279 e. The van der Waals surface area contributed by atoms with E-state index in [0.717, 1.165) is 44.9 Å². The molecule has 2 N–H and O–H groups in total. The first-order chi connectivity index (χ1) is 8.56. The van der Waals surface area contributed by atoms with Gasteiger partial charge in [0.15, 0.2) is 0 Å². The molecule has 2 aliphatic rings. The first-order valence-corrected chi connectivity index (χ1v) is 8.38. The molecular formula is C12H24N2O3S. The molecule has 0 spiro atoms. The largest absolute Gasteiger partial charge is 0.393 e. The quantitative estimate of drug-likeness (QED) is 0.803.